The predicted octanol–water partition coefficient (Wildman–Crippen LogP) is 2.38. The second-order valence-corrected chi connectivity index (χ2v) is 6.28. The Kier molecular flexibility index (Phi) is 6.93. The van der Waals surface area contributed by atoms with Crippen LogP contribution in [0.2, 0.25) is 0 Å². The number of hydrogen-bond acceptors (Lipinski definition) is 4. The van der Waals surface area contributed by atoms with E-state index < -0.39 is 5.97 Å². The van der Waals surface area contributed by atoms with Crippen LogP contribution in [0.4, 0.5) is 0 Å². The Bertz CT molecular complexity index is 792. The van der Waals surface area contributed by atoms with Crippen LogP contribution in [0.1, 0.15) is 27.6 Å². The zero-order valence-electron chi connectivity index (χ0n) is 13.5. The van der Waals surface area contributed by atoms with Crippen molar-refractivity contribution in [3.05, 3.63) is 63.2 Å². The molecule has 2 rings (SSSR count). The molecule has 0 fully saturated rings. The molecule has 0 saturated heterocycles. The van der Waals surface area contributed by atoms with Crippen molar-refractivity contribution in [1.82, 2.24) is 10.6 Å². The Hall–Kier alpha value is -2.42. The number of hydrogen-bond donors (Lipinski definition) is 2. The van der Waals surface area contributed by atoms with Crippen molar-refractivity contribution >= 4 is 40.4 Å². The third kappa shape index (κ3) is 5.86. The molecular weight excluding hydrogens is 435 g/mol. The minimum absolute atomic E-state index is 0.184. The van der Waals surface area contributed by atoms with Gasteiger partial charge < -0.3 is 15.4 Å². The number of rotatable bonds is 6. The average Bonchev–Trinajstić information content (AvgIpc) is 2.58. The Balaban J connectivity index is 1.82. The summed E-state index contributed by atoms with van der Waals surface area (Å²) in [4.78, 5) is 35.1. The third-order valence-corrected chi connectivity index (χ3v) is 4.11. The van der Waals surface area contributed by atoms with Crippen LogP contribution in [-0.2, 0) is 4.79 Å². The molecule has 6 nitrogen and oxygen atoms in total. The molecule has 0 aliphatic heterocycles. The summed E-state index contributed by atoms with van der Waals surface area (Å²) in [5.74, 6) is -0.628. The minimum Gasteiger partial charge on any atom is -0.427 e. The zero-order valence-corrected chi connectivity index (χ0v) is 15.7. The first-order valence-corrected chi connectivity index (χ1v) is 8.64. The van der Waals surface area contributed by atoms with Crippen LogP contribution < -0.4 is 15.4 Å². The van der Waals surface area contributed by atoms with Crippen LogP contribution in [-0.4, -0.2) is 30.9 Å². The fraction of sp³-hybridized carbons (Fsp3) is 0.167. The number of ether oxygens (including phenoxy) is 1. The number of esters is 1. The first-order valence-electron chi connectivity index (χ1n) is 7.57. The predicted molar refractivity (Wildman–Crippen MR) is 102 cm³/mol. The van der Waals surface area contributed by atoms with E-state index in [0.29, 0.717) is 23.4 Å². The average molecular weight is 452 g/mol. The van der Waals surface area contributed by atoms with Gasteiger partial charge in [-0.3, -0.25) is 14.4 Å². The van der Waals surface area contributed by atoms with Gasteiger partial charge in [-0.15, -0.1) is 0 Å². The van der Waals surface area contributed by atoms with Gasteiger partial charge in [-0.2, -0.15) is 0 Å². The van der Waals surface area contributed by atoms with Crippen LogP contribution in [0.25, 0.3) is 0 Å². The Labute approximate surface area is 159 Å². The molecule has 0 bridgehead atoms. The maximum atomic E-state index is 12.1. The highest BCUT2D eigenvalue weighted by Crippen LogP contribution is 2.13. The van der Waals surface area contributed by atoms with Crippen LogP contribution in [0.5, 0.6) is 5.75 Å². The summed E-state index contributed by atoms with van der Waals surface area (Å²) >= 11 is 2.10. The first kappa shape index (κ1) is 18.9. The number of halogens is 1. The Morgan fingerprint density at radius 1 is 0.960 bits per heavy atom. The van der Waals surface area contributed by atoms with Crippen molar-refractivity contribution in [2.45, 2.75) is 6.92 Å². The van der Waals surface area contributed by atoms with E-state index >= 15 is 0 Å². The van der Waals surface area contributed by atoms with Crippen LogP contribution in [0.15, 0.2) is 48.5 Å². The molecule has 2 aromatic rings. The van der Waals surface area contributed by atoms with Crippen molar-refractivity contribution < 1.29 is 19.1 Å². The molecule has 25 heavy (non-hydrogen) atoms. The van der Waals surface area contributed by atoms with E-state index in [1.165, 1.54) is 13.0 Å². The second-order valence-electron chi connectivity index (χ2n) is 5.11. The summed E-state index contributed by atoms with van der Waals surface area (Å²) in [6.45, 7) is 1.88. The highest BCUT2D eigenvalue weighted by molar-refractivity contribution is 14.1. The number of carbonyl (C=O) groups is 3. The van der Waals surface area contributed by atoms with E-state index in [0.717, 1.165) is 3.57 Å². The molecule has 0 atom stereocenters. The summed E-state index contributed by atoms with van der Waals surface area (Å²) in [5.41, 5.74) is 0.978. The summed E-state index contributed by atoms with van der Waals surface area (Å²) < 4.78 is 5.81. The molecule has 0 aliphatic carbocycles. The van der Waals surface area contributed by atoms with E-state index in [1.54, 1.807) is 30.3 Å². The van der Waals surface area contributed by atoms with Gasteiger partial charge in [-0.25, -0.2) is 0 Å². The lowest BCUT2D eigenvalue weighted by Crippen LogP contribution is -2.34. The van der Waals surface area contributed by atoms with Crippen molar-refractivity contribution in [2.75, 3.05) is 13.1 Å². The van der Waals surface area contributed by atoms with Gasteiger partial charge in [0.1, 0.15) is 5.75 Å². The third-order valence-electron chi connectivity index (χ3n) is 3.17. The molecule has 2 aromatic carbocycles. The van der Waals surface area contributed by atoms with E-state index in [-0.39, 0.29) is 18.4 Å². The topological polar surface area (TPSA) is 84.5 Å². The lowest BCUT2D eigenvalue weighted by Gasteiger charge is -2.09. The molecule has 0 saturated carbocycles. The molecule has 0 aromatic heterocycles. The summed E-state index contributed by atoms with van der Waals surface area (Å²) in [6, 6.07) is 13.6. The normalized spacial score (nSPS) is 10.0. The summed E-state index contributed by atoms with van der Waals surface area (Å²) in [6.07, 6.45) is 0. The van der Waals surface area contributed by atoms with Gasteiger partial charge in [0.05, 0.1) is 5.56 Å². The smallest absolute Gasteiger partial charge is 0.308 e. The molecule has 0 spiro atoms. The maximum Gasteiger partial charge on any atom is 0.308 e. The lowest BCUT2D eigenvalue weighted by atomic mass is 10.2. The van der Waals surface area contributed by atoms with Crippen molar-refractivity contribution in [2.24, 2.45) is 0 Å². The quantitative estimate of drug-likeness (QED) is 0.305. The van der Waals surface area contributed by atoms with Crippen molar-refractivity contribution in [1.29, 1.82) is 0 Å². The van der Waals surface area contributed by atoms with Gasteiger partial charge in [-0.1, -0.05) is 18.2 Å². The second kappa shape index (κ2) is 9.16. The van der Waals surface area contributed by atoms with Crippen molar-refractivity contribution in [3.63, 3.8) is 0 Å². The summed E-state index contributed by atoms with van der Waals surface area (Å²) in [7, 11) is 0. The highest BCUT2D eigenvalue weighted by Gasteiger charge is 2.10. The fourth-order valence-electron chi connectivity index (χ4n) is 2.06. The van der Waals surface area contributed by atoms with E-state index in [4.69, 9.17) is 4.74 Å². The van der Waals surface area contributed by atoms with E-state index in [2.05, 4.69) is 33.2 Å². The molecule has 7 heteroatoms. The number of benzene rings is 2. The molecule has 0 radical (unpaired) electrons. The van der Waals surface area contributed by atoms with Crippen molar-refractivity contribution in [3.8, 4) is 5.75 Å². The summed E-state index contributed by atoms with van der Waals surface area (Å²) in [5, 5.41) is 5.46. The van der Waals surface area contributed by atoms with Gasteiger partial charge in [0, 0.05) is 29.1 Å². The fourth-order valence-corrected chi connectivity index (χ4v) is 2.69. The highest BCUT2D eigenvalue weighted by atomic mass is 127. The van der Waals surface area contributed by atoms with Crippen LogP contribution in [0.3, 0.4) is 0 Å². The number of carbonyl (C=O) groups excluding carboxylic acids is 3. The monoisotopic (exact) mass is 452 g/mol. The number of nitrogens with one attached hydrogen (secondary N) is 2. The Morgan fingerprint density at radius 3 is 2.32 bits per heavy atom. The lowest BCUT2D eigenvalue weighted by molar-refractivity contribution is -0.131. The van der Waals surface area contributed by atoms with Gasteiger partial charge in [-0.05, 0) is 52.9 Å². The SMILES string of the molecule is CC(=O)Oc1cccc(C(=O)NCCNC(=O)c2ccccc2I)c1. The van der Waals surface area contributed by atoms with Crippen LogP contribution >= 0.6 is 22.6 Å². The molecule has 0 heterocycles. The first-order chi connectivity index (χ1) is 12.0. The molecule has 130 valence electrons. The molecular formula is C18H17IN2O4. The van der Waals surface area contributed by atoms with Gasteiger partial charge in [0.25, 0.3) is 11.8 Å². The zero-order chi connectivity index (χ0) is 18.2. The van der Waals surface area contributed by atoms with Gasteiger partial charge in [0.15, 0.2) is 0 Å². The number of amides is 2. The standard InChI is InChI=1S/C18H17IN2O4/c1-12(22)25-14-6-4-5-13(11-14)17(23)20-9-10-21-18(24)15-7-2-3-8-16(15)19/h2-8,11H,9-10H2,1H3,(H,20,23)(H,21,24). The van der Waals surface area contributed by atoms with Gasteiger partial charge in [0.2, 0.25) is 0 Å². The Morgan fingerprint density at radius 2 is 1.64 bits per heavy atom. The largest absolute Gasteiger partial charge is 0.427 e. The molecule has 0 aliphatic rings. The van der Waals surface area contributed by atoms with E-state index in [1.807, 2.05) is 12.1 Å². The van der Waals surface area contributed by atoms with E-state index in [9.17, 15) is 14.4 Å². The van der Waals surface area contributed by atoms with Crippen LogP contribution in [0, 0.1) is 3.57 Å². The molecule has 2 N–H and O–H groups in total. The molecule has 2 amide bonds. The minimum atomic E-state index is -0.448. The maximum absolute atomic E-state index is 12.1. The van der Waals surface area contributed by atoms with Gasteiger partial charge >= 0.3 is 5.97 Å². The molecule has 0 unspecified atom stereocenters.